The molecule has 2 heterocycles. The van der Waals surface area contributed by atoms with Crippen molar-refractivity contribution in [2.24, 2.45) is 0 Å². The van der Waals surface area contributed by atoms with Crippen molar-refractivity contribution in [1.82, 2.24) is 10.3 Å². The van der Waals surface area contributed by atoms with Crippen LogP contribution in [0, 0.1) is 0 Å². The van der Waals surface area contributed by atoms with E-state index in [2.05, 4.69) is 28.6 Å². The second-order valence-electron chi connectivity index (χ2n) is 4.44. The normalized spacial score (nSPS) is 10.2. The highest BCUT2D eigenvalue weighted by Gasteiger charge is 2.07. The molecule has 20 heavy (non-hydrogen) atoms. The van der Waals surface area contributed by atoms with E-state index >= 15 is 0 Å². The molecule has 2 rings (SSSR count). The van der Waals surface area contributed by atoms with Gasteiger partial charge in [-0.3, -0.25) is 9.78 Å². The number of aromatic nitrogens is 1. The first-order valence-electron chi connectivity index (χ1n) is 6.80. The molecule has 0 aliphatic carbocycles. The number of pyridine rings is 1. The summed E-state index contributed by atoms with van der Waals surface area (Å²) in [6.07, 6.45) is 3.56. The highest BCUT2D eigenvalue weighted by Crippen LogP contribution is 2.09. The van der Waals surface area contributed by atoms with Gasteiger partial charge >= 0.3 is 0 Å². The number of nitrogens with one attached hydrogen (secondary N) is 2. The van der Waals surface area contributed by atoms with Gasteiger partial charge in [0.25, 0.3) is 5.91 Å². The molecule has 2 aromatic heterocycles. The quantitative estimate of drug-likeness (QED) is 0.824. The number of carbonyl (C=O) groups is 1. The predicted octanol–water partition coefficient (Wildman–Crippen LogP) is 2.94. The first kappa shape index (κ1) is 14.5. The zero-order chi connectivity index (χ0) is 14.2. The van der Waals surface area contributed by atoms with E-state index in [4.69, 9.17) is 0 Å². The van der Waals surface area contributed by atoms with E-state index in [0.29, 0.717) is 12.2 Å². The van der Waals surface area contributed by atoms with Crippen molar-refractivity contribution < 1.29 is 4.79 Å². The standard InChI is InChI=1S/C15H19N3OS/c1-2-7-16-12-5-8-17-14(11-12)15(19)18-9-6-13-4-3-10-20-13/h3-5,8,10-11H,2,6-7,9H2,1H3,(H,16,17)(H,18,19). The first-order valence-corrected chi connectivity index (χ1v) is 7.68. The Morgan fingerprint density at radius 2 is 2.25 bits per heavy atom. The van der Waals surface area contributed by atoms with Crippen LogP contribution >= 0.6 is 11.3 Å². The van der Waals surface area contributed by atoms with Crippen LogP contribution in [0.1, 0.15) is 28.7 Å². The van der Waals surface area contributed by atoms with Gasteiger partial charge in [-0.25, -0.2) is 0 Å². The summed E-state index contributed by atoms with van der Waals surface area (Å²) in [5.41, 5.74) is 1.39. The molecule has 4 nitrogen and oxygen atoms in total. The molecule has 0 atom stereocenters. The van der Waals surface area contributed by atoms with E-state index in [0.717, 1.165) is 25.1 Å². The van der Waals surface area contributed by atoms with Crippen LogP contribution in [0.2, 0.25) is 0 Å². The van der Waals surface area contributed by atoms with Gasteiger partial charge < -0.3 is 10.6 Å². The number of amides is 1. The van der Waals surface area contributed by atoms with Gasteiger partial charge in [-0.1, -0.05) is 13.0 Å². The number of thiophene rings is 1. The Morgan fingerprint density at radius 3 is 3.00 bits per heavy atom. The fraction of sp³-hybridized carbons (Fsp3) is 0.333. The van der Waals surface area contributed by atoms with Gasteiger partial charge in [0.05, 0.1) is 0 Å². The lowest BCUT2D eigenvalue weighted by atomic mass is 10.3. The molecule has 0 saturated carbocycles. The molecule has 1 amide bonds. The molecule has 0 unspecified atom stereocenters. The number of anilines is 1. The summed E-state index contributed by atoms with van der Waals surface area (Å²) in [7, 11) is 0. The molecular formula is C15H19N3OS. The van der Waals surface area contributed by atoms with Crippen LogP contribution in [0.5, 0.6) is 0 Å². The third-order valence-electron chi connectivity index (χ3n) is 2.81. The minimum absolute atomic E-state index is 0.123. The van der Waals surface area contributed by atoms with Crippen LogP contribution in [0.4, 0.5) is 5.69 Å². The van der Waals surface area contributed by atoms with Gasteiger partial charge in [0, 0.05) is 29.9 Å². The molecule has 0 radical (unpaired) electrons. The molecule has 0 fully saturated rings. The van der Waals surface area contributed by atoms with E-state index < -0.39 is 0 Å². The maximum atomic E-state index is 12.0. The van der Waals surface area contributed by atoms with Gasteiger partial charge in [0.1, 0.15) is 5.69 Å². The fourth-order valence-electron chi connectivity index (χ4n) is 1.78. The Morgan fingerprint density at radius 1 is 1.35 bits per heavy atom. The maximum Gasteiger partial charge on any atom is 0.269 e. The summed E-state index contributed by atoms with van der Waals surface area (Å²) in [5, 5.41) is 8.19. The van der Waals surface area contributed by atoms with E-state index in [1.807, 2.05) is 17.5 Å². The van der Waals surface area contributed by atoms with Crippen molar-refractivity contribution in [2.45, 2.75) is 19.8 Å². The minimum Gasteiger partial charge on any atom is -0.385 e. The van der Waals surface area contributed by atoms with Gasteiger partial charge in [0.15, 0.2) is 0 Å². The number of nitrogens with zero attached hydrogens (tertiary/aromatic N) is 1. The van der Waals surface area contributed by atoms with Gasteiger partial charge in [0.2, 0.25) is 0 Å². The number of hydrogen-bond donors (Lipinski definition) is 2. The summed E-state index contributed by atoms with van der Waals surface area (Å²) in [4.78, 5) is 17.4. The summed E-state index contributed by atoms with van der Waals surface area (Å²) in [6.45, 7) is 3.63. The molecule has 2 N–H and O–H groups in total. The predicted molar refractivity (Wildman–Crippen MR) is 83.4 cm³/mol. The lowest BCUT2D eigenvalue weighted by Crippen LogP contribution is -2.26. The Kier molecular flexibility index (Phi) is 5.55. The maximum absolute atomic E-state index is 12.0. The Bertz CT molecular complexity index is 540. The Labute approximate surface area is 123 Å². The summed E-state index contributed by atoms with van der Waals surface area (Å²) in [6, 6.07) is 7.75. The topological polar surface area (TPSA) is 54.0 Å². The Balaban J connectivity index is 1.85. The number of rotatable bonds is 7. The van der Waals surface area contributed by atoms with Crippen LogP contribution in [-0.2, 0) is 6.42 Å². The van der Waals surface area contributed by atoms with Gasteiger partial charge in [-0.2, -0.15) is 0 Å². The average Bonchev–Trinajstić information content (AvgIpc) is 2.98. The van der Waals surface area contributed by atoms with E-state index in [9.17, 15) is 4.79 Å². The largest absolute Gasteiger partial charge is 0.385 e. The smallest absolute Gasteiger partial charge is 0.269 e. The third kappa shape index (κ3) is 4.35. The summed E-state index contributed by atoms with van der Waals surface area (Å²) in [5.74, 6) is -0.123. The second kappa shape index (κ2) is 7.65. The van der Waals surface area contributed by atoms with Crippen LogP contribution in [0.15, 0.2) is 35.8 Å². The second-order valence-corrected chi connectivity index (χ2v) is 5.47. The average molecular weight is 289 g/mol. The van der Waals surface area contributed by atoms with E-state index in [1.54, 1.807) is 23.6 Å². The van der Waals surface area contributed by atoms with Gasteiger partial charge in [-0.15, -0.1) is 11.3 Å². The number of hydrogen-bond acceptors (Lipinski definition) is 4. The third-order valence-corrected chi connectivity index (χ3v) is 3.74. The zero-order valence-corrected chi connectivity index (χ0v) is 12.4. The van der Waals surface area contributed by atoms with Gasteiger partial charge in [-0.05, 0) is 36.4 Å². The molecule has 5 heteroatoms. The van der Waals surface area contributed by atoms with E-state index in [1.165, 1.54) is 4.88 Å². The van der Waals surface area contributed by atoms with Crippen molar-refractivity contribution in [3.8, 4) is 0 Å². The molecule has 0 aromatic carbocycles. The van der Waals surface area contributed by atoms with Crippen LogP contribution < -0.4 is 10.6 Å². The van der Waals surface area contributed by atoms with Crippen LogP contribution in [0.3, 0.4) is 0 Å². The minimum atomic E-state index is -0.123. The van der Waals surface area contributed by atoms with Crippen molar-refractivity contribution >= 4 is 22.9 Å². The van der Waals surface area contributed by atoms with Crippen molar-refractivity contribution in [3.63, 3.8) is 0 Å². The first-order chi connectivity index (χ1) is 9.79. The lowest BCUT2D eigenvalue weighted by Gasteiger charge is -2.07. The van der Waals surface area contributed by atoms with Crippen LogP contribution in [-0.4, -0.2) is 24.0 Å². The zero-order valence-electron chi connectivity index (χ0n) is 11.6. The molecule has 0 saturated heterocycles. The summed E-state index contributed by atoms with van der Waals surface area (Å²) < 4.78 is 0. The molecule has 106 valence electrons. The summed E-state index contributed by atoms with van der Waals surface area (Å²) >= 11 is 1.71. The molecule has 0 spiro atoms. The SMILES string of the molecule is CCCNc1ccnc(C(=O)NCCc2cccs2)c1. The number of carbonyl (C=O) groups excluding carboxylic acids is 1. The fourth-order valence-corrected chi connectivity index (χ4v) is 2.49. The molecule has 2 aromatic rings. The highest BCUT2D eigenvalue weighted by atomic mass is 32.1. The van der Waals surface area contributed by atoms with Crippen molar-refractivity contribution in [2.75, 3.05) is 18.4 Å². The lowest BCUT2D eigenvalue weighted by molar-refractivity contribution is 0.0949. The molecule has 0 aliphatic rings. The monoisotopic (exact) mass is 289 g/mol. The molecular weight excluding hydrogens is 270 g/mol. The van der Waals surface area contributed by atoms with Crippen molar-refractivity contribution in [1.29, 1.82) is 0 Å². The Hall–Kier alpha value is -1.88. The van der Waals surface area contributed by atoms with Crippen LogP contribution in [0.25, 0.3) is 0 Å². The highest BCUT2D eigenvalue weighted by molar-refractivity contribution is 7.09. The van der Waals surface area contributed by atoms with Crippen molar-refractivity contribution in [3.05, 3.63) is 46.4 Å². The molecule has 0 aliphatic heterocycles. The molecule has 0 bridgehead atoms. The van der Waals surface area contributed by atoms with E-state index in [-0.39, 0.29) is 5.91 Å².